The second-order valence-electron chi connectivity index (χ2n) is 5.78. The average molecular weight is 341 g/mol. The molecule has 1 heterocycles. The Balaban J connectivity index is 1.73. The van der Waals surface area contributed by atoms with E-state index in [0.717, 1.165) is 19.4 Å². The molecule has 5 nitrogen and oxygen atoms in total. The molecule has 3 rings (SSSR count). The van der Waals surface area contributed by atoms with Gasteiger partial charge in [0.05, 0.1) is 12.6 Å². The molecule has 0 bridgehead atoms. The van der Waals surface area contributed by atoms with Crippen LogP contribution in [0.25, 0.3) is 0 Å². The van der Waals surface area contributed by atoms with Crippen LogP contribution < -0.4 is 10.6 Å². The van der Waals surface area contributed by atoms with Crippen molar-refractivity contribution in [2.45, 2.75) is 18.9 Å². The predicted octanol–water partition coefficient (Wildman–Crippen LogP) is 3.20. The number of nitrogens with one attached hydrogen (secondary N) is 2. The van der Waals surface area contributed by atoms with Crippen LogP contribution in [0.5, 0.6) is 0 Å². The van der Waals surface area contributed by atoms with Crippen LogP contribution >= 0.6 is 0 Å². The van der Waals surface area contributed by atoms with Gasteiger partial charge in [-0.2, -0.15) is 0 Å². The molecule has 0 spiro atoms. The monoisotopic (exact) mass is 341 g/mol. The number of halogens is 1. The number of rotatable bonds is 4. The molecule has 1 amide bonds. The molecule has 0 saturated carbocycles. The van der Waals surface area contributed by atoms with E-state index in [2.05, 4.69) is 15.6 Å². The van der Waals surface area contributed by atoms with Gasteiger partial charge in [0.1, 0.15) is 5.82 Å². The highest BCUT2D eigenvalue weighted by atomic mass is 19.1. The number of carbonyl (C=O) groups is 1. The van der Waals surface area contributed by atoms with Gasteiger partial charge in [0.2, 0.25) is 5.96 Å². The molecule has 2 aromatic carbocycles. The van der Waals surface area contributed by atoms with E-state index < -0.39 is 0 Å². The third kappa shape index (κ3) is 5.12. The molecular weight excluding hydrogens is 321 g/mol. The quantitative estimate of drug-likeness (QED) is 0.663. The number of hydrogen-bond acceptors (Lipinski definition) is 3. The summed E-state index contributed by atoms with van der Waals surface area (Å²) in [6.45, 7) is 1.18. The van der Waals surface area contributed by atoms with Crippen molar-refractivity contribution in [3.8, 4) is 0 Å². The molecule has 0 radical (unpaired) electrons. The van der Waals surface area contributed by atoms with E-state index in [-0.39, 0.29) is 23.8 Å². The largest absolute Gasteiger partial charge is 0.376 e. The number of guanidine groups is 1. The molecule has 2 aromatic rings. The summed E-state index contributed by atoms with van der Waals surface area (Å²) in [6, 6.07) is 14.9. The van der Waals surface area contributed by atoms with Crippen LogP contribution in [0.4, 0.5) is 10.1 Å². The molecule has 1 fully saturated rings. The summed E-state index contributed by atoms with van der Waals surface area (Å²) >= 11 is 0. The van der Waals surface area contributed by atoms with E-state index in [9.17, 15) is 9.18 Å². The average Bonchev–Trinajstić information content (AvgIpc) is 3.14. The molecule has 0 aliphatic carbocycles. The Kier molecular flexibility index (Phi) is 5.74. The lowest BCUT2D eigenvalue weighted by atomic mass is 10.2. The van der Waals surface area contributed by atoms with Crippen molar-refractivity contribution < 1.29 is 13.9 Å². The Morgan fingerprint density at radius 2 is 2.04 bits per heavy atom. The topological polar surface area (TPSA) is 62.7 Å². The fourth-order valence-electron chi connectivity index (χ4n) is 2.56. The Morgan fingerprint density at radius 3 is 2.76 bits per heavy atom. The zero-order valence-electron chi connectivity index (χ0n) is 13.7. The number of anilines is 1. The number of ether oxygens (including phenoxy) is 1. The van der Waals surface area contributed by atoms with Crippen molar-refractivity contribution in [3.63, 3.8) is 0 Å². The Hall–Kier alpha value is -2.73. The van der Waals surface area contributed by atoms with E-state index in [1.807, 2.05) is 6.07 Å². The first-order valence-corrected chi connectivity index (χ1v) is 8.26. The standard InChI is InChI=1S/C19H20FN3O2/c20-15-8-4-9-16(12-15)22-19(21-13-17-10-5-11-25-17)23-18(24)14-6-2-1-3-7-14/h1-4,6-9,12,17H,5,10-11,13H2,(H2,21,22,23,24)/t17-/m1/s1. The molecule has 1 atom stereocenters. The van der Waals surface area contributed by atoms with Gasteiger partial charge in [-0.3, -0.25) is 10.1 Å². The first-order valence-electron chi connectivity index (χ1n) is 8.26. The predicted molar refractivity (Wildman–Crippen MR) is 95.2 cm³/mol. The van der Waals surface area contributed by atoms with Gasteiger partial charge in [-0.1, -0.05) is 24.3 Å². The lowest BCUT2D eigenvalue weighted by Crippen LogP contribution is -2.36. The van der Waals surface area contributed by atoms with Crippen molar-refractivity contribution in [3.05, 3.63) is 66.0 Å². The van der Waals surface area contributed by atoms with Crippen LogP contribution in [-0.2, 0) is 4.74 Å². The van der Waals surface area contributed by atoms with Gasteiger partial charge < -0.3 is 10.1 Å². The number of aliphatic imine (C=N–C) groups is 1. The summed E-state index contributed by atoms with van der Waals surface area (Å²) in [5, 5.41) is 5.71. The van der Waals surface area contributed by atoms with Gasteiger partial charge in [-0.05, 0) is 43.2 Å². The van der Waals surface area contributed by atoms with Crippen LogP contribution in [0.3, 0.4) is 0 Å². The summed E-state index contributed by atoms with van der Waals surface area (Å²) in [5.74, 6) is -0.372. The lowest BCUT2D eigenvalue weighted by Gasteiger charge is -2.13. The number of carbonyl (C=O) groups excluding carboxylic acids is 1. The van der Waals surface area contributed by atoms with Crippen molar-refractivity contribution in [2.75, 3.05) is 18.5 Å². The SMILES string of the molecule is O=C(NC(=NC[C@H]1CCCO1)Nc1cccc(F)c1)c1ccccc1. The van der Waals surface area contributed by atoms with Gasteiger partial charge in [0.15, 0.2) is 0 Å². The minimum Gasteiger partial charge on any atom is -0.376 e. The second kappa shape index (κ2) is 8.39. The molecule has 0 aromatic heterocycles. The Morgan fingerprint density at radius 1 is 1.20 bits per heavy atom. The third-order valence-electron chi connectivity index (χ3n) is 3.83. The van der Waals surface area contributed by atoms with Gasteiger partial charge >= 0.3 is 0 Å². The molecule has 1 aliphatic rings. The van der Waals surface area contributed by atoms with Crippen LogP contribution in [0.2, 0.25) is 0 Å². The number of hydrogen-bond donors (Lipinski definition) is 2. The maximum atomic E-state index is 13.4. The van der Waals surface area contributed by atoms with E-state index in [1.54, 1.807) is 36.4 Å². The van der Waals surface area contributed by atoms with Crippen molar-refractivity contribution in [1.29, 1.82) is 0 Å². The normalized spacial score (nSPS) is 17.3. The van der Waals surface area contributed by atoms with Crippen LogP contribution in [0, 0.1) is 5.82 Å². The first kappa shape index (κ1) is 17.1. The molecule has 25 heavy (non-hydrogen) atoms. The molecule has 1 saturated heterocycles. The molecule has 2 N–H and O–H groups in total. The third-order valence-corrected chi connectivity index (χ3v) is 3.83. The Bertz CT molecular complexity index is 743. The maximum absolute atomic E-state index is 13.4. The first-order chi connectivity index (χ1) is 12.2. The molecule has 1 aliphatic heterocycles. The highest BCUT2D eigenvalue weighted by Gasteiger charge is 2.16. The van der Waals surface area contributed by atoms with Gasteiger partial charge in [-0.25, -0.2) is 9.38 Å². The van der Waals surface area contributed by atoms with Gasteiger partial charge in [0, 0.05) is 17.9 Å². The molecular formula is C19H20FN3O2. The second-order valence-corrected chi connectivity index (χ2v) is 5.78. The summed E-state index contributed by atoms with van der Waals surface area (Å²) in [4.78, 5) is 16.8. The van der Waals surface area contributed by atoms with E-state index >= 15 is 0 Å². The zero-order valence-corrected chi connectivity index (χ0v) is 13.7. The smallest absolute Gasteiger partial charge is 0.257 e. The lowest BCUT2D eigenvalue weighted by molar-refractivity contribution is 0.0975. The maximum Gasteiger partial charge on any atom is 0.257 e. The highest BCUT2D eigenvalue weighted by Crippen LogP contribution is 2.13. The summed E-state index contributed by atoms with van der Waals surface area (Å²) in [7, 11) is 0. The summed E-state index contributed by atoms with van der Waals surface area (Å²) in [5.41, 5.74) is 1.04. The number of amides is 1. The molecule has 6 heteroatoms. The van der Waals surface area contributed by atoms with Gasteiger partial charge in [0.25, 0.3) is 5.91 Å². The van der Waals surface area contributed by atoms with E-state index in [1.165, 1.54) is 12.1 Å². The fraction of sp³-hybridized carbons (Fsp3) is 0.263. The minimum absolute atomic E-state index is 0.0536. The van der Waals surface area contributed by atoms with Crippen molar-refractivity contribution in [1.82, 2.24) is 5.32 Å². The molecule has 130 valence electrons. The minimum atomic E-state index is -0.363. The van der Waals surface area contributed by atoms with Gasteiger partial charge in [-0.15, -0.1) is 0 Å². The Labute approximate surface area is 145 Å². The summed E-state index contributed by atoms with van der Waals surface area (Å²) < 4.78 is 18.9. The van der Waals surface area contributed by atoms with Crippen LogP contribution in [0.15, 0.2) is 59.6 Å². The van der Waals surface area contributed by atoms with Crippen LogP contribution in [0.1, 0.15) is 23.2 Å². The van der Waals surface area contributed by atoms with Crippen molar-refractivity contribution >= 4 is 17.6 Å². The fourth-order valence-corrected chi connectivity index (χ4v) is 2.56. The van der Waals surface area contributed by atoms with Crippen LogP contribution in [-0.4, -0.2) is 31.1 Å². The number of benzene rings is 2. The van der Waals surface area contributed by atoms with E-state index in [0.29, 0.717) is 17.8 Å². The van der Waals surface area contributed by atoms with Crippen molar-refractivity contribution in [2.24, 2.45) is 4.99 Å². The zero-order chi connectivity index (χ0) is 17.5. The van der Waals surface area contributed by atoms with E-state index in [4.69, 9.17) is 4.74 Å². The summed E-state index contributed by atoms with van der Waals surface area (Å²) in [6.07, 6.45) is 2.02. The molecule has 0 unspecified atom stereocenters. The highest BCUT2D eigenvalue weighted by molar-refractivity contribution is 6.09. The number of nitrogens with zero attached hydrogens (tertiary/aromatic N) is 1.